The number of benzene rings is 1. The van der Waals surface area contributed by atoms with Crippen molar-refractivity contribution in [3.63, 3.8) is 0 Å². The SMILES string of the molecule is CN(C1CCCCC1)S(=O)(=O)N1CCN(CCC(=O)Nc2cccc(F)c2)CC1. The Bertz CT molecular complexity index is 791. The molecule has 1 saturated heterocycles. The van der Waals surface area contributed by atoms with Crippen molar-refractivity contribution in [2.24, 2.45) is 0 Å². The zero-order chi connectivity index (χ0) is 20.9. The van der Waals surface area contributed by atoms with E-state index in [0.29, 0.717) is 38.4 Å². The van der Waals surface area contributed by atoms with Gasteiger partial charge in [-0.3, -0.25) is 4.79 Å². The molecule has 1 aromatic rings. The van der Waals surface area contributed by atoms with Crippen LogP contribution in [0.25, 0.3) is 0 Å². The van der Waals surface area contributed by atoms with Gasteiger partial charge in [0, 0.05) is 57.9 Å². The number of piperazine rings is 1. The maximum Gasteiger partial charge on any atom is 0.282 e. The standard InChI is InChI=1S/C20H31FN4O3S/c1-23(19-8-3-2-4-9-19)29(27,28)25-14-12-24(13-15-25)11-10-20(26)22-18-7-5-6-17(21)16-18/h5-7,16,19H,2-4,8-15H2,1H3,(H,22,26). The van der Waals surface area contributed by atoms with Crippen molar-refractivity contribution in [3.8, 4) is 0 Å². The molecule has 1 amide bonds. The fourth-order valence-electron chi connectivity index (χ4n) is 4.05. The van der Waals surface area contributed by atoms with Crippen LogP contribution in [0, 0.1) is 5.82 Å². The number of halogens is 1. The van der Waals surface area contributed by atoms with E-state index in [-0.39, 0.29) is 18.4 Å². The first kappa shape index (κ1) is 22.1. The molecule has 1 saturated carbocycles. The molecule has 0 spiro atoms. The quantitative estimate of drug-likeness (QED) is 0.726. The smallest absolute Gasteiger partial charge is 0.282 e. The second-order valence-electron chi connectivity index (χ2n) is 7.87. The minimum Gasteiger partial charge on any atom is -0.326 e. The summed E-state index contributed by atoms with van der Waals surface area (Å²) in [6, 6.07) is 5.92. The minimum absolute atomic E-state index is 0.110. The van der Waals surface area contributed by atoms with Crippen molar-refractivity contribution in [2.75, 3.05) is 45.1 Å². The van der Waals surface area contributed by atoms with E-state index in [0.717, 1.165) is 25.7 Å². The summed E-state index contributed by atoms with van der Waals surface area (Å²) in [6.07, 6.45) is 5.54. The first-order valence-corrected chi connectivity index (χ1v) is 11.8. The Morgan fingerprint density at radius 3 is 2.52 bits per heavy atom. The molecule has 1 aliphatic carbocycles. The molecule has 1 aliphatic heterocycles. The van der Waals surface area contributed by atoms with Crippen molar-refractivity contribution in [3.05, 3.63) is 30.1 Å². The number of nitrogens with zero attached hydrogens (tertiary/aromatic N) is 3. The molecule has 3 rings (SSSR count). The Labute approximate surface area is 173 Å². The zero-order valence-electron chi connectivity index (χ0n) is 17.0. The van der Waals surface area contributed by atoms with Gasteiger partial charge in [0.05, 0.1) is 0 Å². The van der Waals surface area contributed by atoms with E-state index in [1.54, 1.807) is 27.8 Å². The van der Waals surface area contributed by atoms with Gasteiger partial charge in [0.2, 0.25) is 5.91 Å². The Balaban J connectivity index is 1.43. The first-order chi connectivity index (χ1) is 13.9. The van der Waals surface area contributed by atoms with Crippen molar-refractivity contribution in [2.45, 2.75) is 44.6 Å². The van der Waals surface area contributed by atoms with E-state index in [4.69, 9.17) is 0 Å². The third-order valence-electron chi connectivity index (χ3n) is 5.87. The van der Waals surface area contributed by atoms with E-state index >= 15 is 0 Å². The van der Waals surface area contributed by atoms with E-state index < -0.39 is 16.0 Å². The minimum atomic E-state index is -3.44. The number of carbonyl (C=O) groups is 1. The molecule has 1 aromatic carbocycles. The molecule has 2 fully saturated rings. The highest BCUT2D eigenvalue weighted by Gasteiger charge is 2.34. The summed E-state index contributed by atoms with van der Waals surface area (Å²) >= 11 is 0. The maximum absolute atomic E-state index is 13.2. The van der Waals surface area contributed by atoms with Crippen molar-refractivity contribution in [1.29, 1.82) is 0 Å². The van der Waals surface area contributed by atoms with E-state index in [1.165, 1.54) is 18.6 Å². The van der Waals surface area contributed by atoms with Gasteiger partial charge in [-0.15, -0.1) is 0 Å². The lowest BCUT2D eigenvalue weighted by atomic mass is 9.96. The summed E-state index contributed by atoms with van der Waals surface area (Å²) in [5.41, 5.74) is 0.441. The molecule has 7 nitrogen and oxygen atoms in total. The molecule has 1 N–H and O–H groups in total. The predicted octanol–water partition coefficient (Wildman–Crippen LogP) is 2.28. The number of amides is 1. The third kappa shape index (κ3) is 5.97. The molecule has 0 unspecified atom stereocenters. The zero-order valence-corrected chi connectivity index (χ0v) is 17.8. The normalized spacial score (nSPS) is 20.1. The van der Waals surface area contributed by atoms with Crippen LogP contribution >= 0.6 is 0 Å². The second kappa shape index (κ2) is 9.97. The number of rotatable bonds is 7. The van der Waals surface area contributed by atoms with E-state index in [9.17, 15) is 17.6 Å². The Morgan fingerprint density at radius 2 is 1.86 bits per heavy atom. The Kier molecular flexibility index (Phi) is 7.61. The predicted molar refractivity (Wildman–Crippen MR) is 111 cm³/mol. The van der Waals surface area contributed by atoms with Crippen LogP contribution < -0.4 is 5.32 Å². The van der Waals surface area contributed by atoms with Crippen molar-refractivity contribution < 1.29 is 17.6 Å². The van der Waals surface area contributed by atoms with Gasteiger partial charge in [-0.1, -0.05) is 25.3 Å². The van der Waals surface area contributed by atoms with Crippen LogP contribution in [0.5, 0.6) is 0 Å². The molecule has 2 aliphatic rings. The second-order valence-corrected chi connectivity index (χ2v) is 9.85. The summed E-state index contributed by atoms with van der Waals surface area (Å²) < 4.78 is 42.2. The number of hydrogen-bond acceptors (Lipinski definition) is 4. The van der Waals surface area contributed by atoms with Crippen LogP contribution in [0.2, 0.25) is 0 Å². The molecule has 162 valence electrons. The fraction of sp³-hybridized carbons (Fsp3) is 0.650. The van der Waals surface area contributed by atoms with Gasteiger partial charge in [-0.05, 0) is 31.0 Å². The highest BCUT2D eigenvalue weighted by molar-refractivity contribution is 7.86. The largest absolute Gasteiger partial charge is 0.326 e. The van der Waals surface area contributed by atoms with E-state index in [1.807, 2.05) is 0 Å². The summed E-state index contributed by atoms with van der Waals surface area (Å²) in [5, 5.41) is 2.69. The monoisotopic (exact) mass is 426 g/mol. The molecule has 29 heavy (non-hydrogen) atoms. The van der Waals surface area contributed by atoms with Crippen LogP contribution in [0.3, 0.4) is 0 Å². The van der Waals surface area contributed by atoms with Gasteiger partial charge >= 0.3 is 0 Å². The summed E-state index contributed by atoms with van der Waals surface area (Å²) in [7, 11) is -1.73. The van der Waals surface area contributed by atoms with Crippen molar-refractivity contribution >= 4 is 21.8 Å². The van der Waals surface area contributed by atoms with Gasteiger partial charge in [-0.2, -0.15) is 17.0 Å². The van der Waals surface area contributed by atoms with Gasteiger partial charge in [0.1, 0.15) is 5.82 Å². The number of carbonyl (C=O) groups excluding carboxylic acids is 1. The van der Waals surface area contributed by atoms with E-state index in [2.05, 4.69) is 10.2 Å². The molecule has 0 aromatic heterocycles. The molecular weight excluding hydrogens is 395 g/mol. The first-order valence-electron chi connectivity index (χ1n) is 10.4. The van der Waals surface area contributed by atoms with Crippen molar-refractivity contribution in [1.82, 2.24) is 13.5 Å². The molecule has 9 heteroatoms. The maximum atomic E-state index is 13.2. The number of nitrogens with one attached hydrogen (secondary N) is 1. The van der Waals surface area contributed by atoms with Crippen LogP contribution in [-0.4, -0.2) is 73.6 Å². The number of hydrogen-bond donors (Lipinski definition) is 1. The summed E-state index contributed by atoms with van der Waals surface area (Å²) in [5.74, 6) is -0.569. The van der Waals surface area contributed by atoms with Crippen LogP contribution in [0.15, 0.2) is 24.3 Å². The number of anilines is 1. The summed E-state index contributed by atoms with van der Waals surface area (Å²) in [4.78, 5) is 14.2. The lowest BCUT2D eigenvalue weighted by Gasteiger charge is -2.38. The molecule has 1 heterocycles. The van der Waals surface area contributed by atoms with Gasteiger partial charge in [0.15, 0.2) is 0 Å². The molecule has 0 bridgehead atoms. The topological polar surface area (TPSA) is 73.0 Å². The average Bonchev–Trinajstić information content (AvgIpc) is 2.72. The lowest BCUT2D eigenvalue weighted by molar-refractivity contribution is -0.116. The fourth-order valence-corrected chi connectivity index (χ4v) is 5.62. The highest BCUT2D eigenvalue weighted by Crippen LogP contribution is 2.25. The Hall–Kier alpha value is -1.55. The van der Waals surface area contributed by atoms with Gasteiger partial charge < -0.3 is 10.2 Å². The molecule has 0 radical (unpaired) electrons. The lowest BCUT2D eigenvalue weighted by Crippen LogP contribution is -2.54. The van der Waals surface area contributed by atoms with Gasteiger partial charge in [0.25, 0.3) is 10.2 Å². The molecule has 0 atom stereocenters. The highest BCUT2D eigenvalue weighted by atomic mass is 32.2. The Morgan fingerprint density at radius 1 is 1.17 bits per heavy atom. The average molecular weight is 427 g/mol. The summed E-state index contributed by atoms with van der Waals surface area (Å²) in [6.45, 7) is 2.62. The van der Waals surface area contributed by atoms with Crippen LogP contribution in [0.1, 0.15) is 38.5 Å². The third-order valence-corrected chi connectivity index (χ3v) is 7.92. The van der Waals surface area contributed by atoms with Crippen LogP contribution in [0.4, 0.5) is 10.1 Å². The van der Waals surface area contributed by atoms with Gasteiger partial charge in [-0.25, -0.2) is 4.39 Å². The van der Waals surface area contributed by atoms with Crippen LogP contribution in [-0.2, 0) is 15.0 Å². The molecular formula is C20H31FN4O3S.